The Labute approximate surface area is 97.1 Å². The lowest BCUT2D eigenvalue weighted by atomic mass is 10.1. The quantitative estimate of drug-likeness (QED) is 0.819. The number of carbonyl (C=O) groups is 3. The predicted octanol–water partition coefficient (Wildman–Crippen LogP) is 1.07. The molecule has 1 rings (SSSR count). The Morgan fingerprint density at radius 1 is 1.12 bits per heavy atom. The van der Waals surface area contributed by atoms with E-state index in [4.69, 9.17) is 10.2 Å². The van der Waals surface area contributed by atoms with Crippen LogP contribution in [0.4, 0.5) is 5.69 Å². The Morgan fingerprint density at radius 3 is 2.12 bits per heavy atom. The van der Waals surface area contributed by atoms with Gasteiger partial charge in [0.25, 0.3) is 0 Å². The lowest BCUT2D eigenvalue weighted by Crippen LogP contribution is -2.25. The predicted molar refractivity (Wildman–Crippen MR) is 59.4 cm³/mol. The summed E-state index contributed by atoms with van der Waals surface area (Å²) in [5.74, 6) is -2.84. The van der Waals surface area contributed by atoms with Gasteiger partial charge in [-0.15, -0.1) is 0 Å². The number of amides is 1. The average Bonchev–Trinajstić information content (AvgIpc) is 2.26. The summed E-state index contributed by atoms with van der Waals surface area (Å²) < 4.78 is 0. The summed E-state index contributed by atoms with van der Waals surface area (Å²) >= 11 is 0. The number of carboxylic acids is 2. The topological polar surface area (TPSA) is 94.9 Å². The fraction of sp³-hybridized carbons (Fsp3) is 0.182. The fourth-order valence-electron chi connectivity index (χ4n) is 1.30. The zero-order chi connectivity index (χ0) is 13.2. The van der Waals surface area contributed by atoms with Crippen LogP contribution in [0.1, 0.15) is 27.6 Å². The summed E-state index contributed by atoms with van der Waals surface area (Å²) in [5, 5.41) is 17.7. The third-order valence-corrected chi connectivity index (χ3v) is 2.31. The largest absolute Gasteiger partial charge is 0.478 e. The Morgan fingerprint density at radius 2 is 1.71 bits per heavy atom. The van der Waals surface area contributed by atoms with Crippen LogP contribution < -0.4 is 4.90 Å². The summed E-state index contributed by atoms with van der Waals surface area (Å²) in [4.78, 5) is 34.0. The molecule has 0 aliphatic carbocycles. The molecule has 0 spiro atoms. The number of anilines is 1. The van der Waals surface area contributed by atoms with E-state index in [1.165, 1.54) is 26.1 Å². The molecule has 0 bridgehead atoms. The summed E-state index contributed by atoms with van der Waals surface area (Å²) in [7, 11) is 1.42. The second-order valence-electron chi connectivity index (χ2n) is 3.42. The molecule has 0 unspecified atom stereocenters. The van der Waals surface area contributed by atoms with E-state index in [1.54, 1.807) is 0 Å². The molecular weight excluding hydrogens is 226 g/mol. The van der Waals surface area contributed by atoms with Gasteiger partial charge in [0, 0.05) is 14.0 Å². The highest BCUT2D eigenvalue weighted by Gasteiger charge is 2.18. The van der Waals surface area contributed by atoms with Gasteiger partial charge in [-0.1, -0.05) is 0 Å². The summed E-state index contributed by atoms with van der Waals surface area (Å²) in [6.07, 6.45) is 0. The van der Waals surface area contributed by atoms with Crippen LogP contribution in [0, 0.1) is 0 Å². The van der Waals surface area contributed by atoms with E-state index >= 15 is 0 Å². The third kappa shape index (κ3) is 2.60. The first kappa shape index (κ1) is 12.7. The molecule has 0 radical (unpaired) electrons. The molecule has 90 valence electrons. The minimum Gasteiger partial charge on any atom is -0.478 e. The van der Waals surface area contributed by atoms with Gasteiger partial charge in [-0.05, 0) is 18.2 Å². The van der Waals surface area contributed by atoms with Crippen molar-refractivity contribution in [2.45, 2.75) is 6.92 Å². The number of aromatic carboxylic acids is 2. The van der Waals surface area contributed by atoms with Crippen LogP contribution in [-0.2, 0) is 4.79 Å². The molecule has 0 aromatic heterocycles. The molecule has 1 aromatic rings. The van der Waals surface area contributed by atoms with Crippen LogP contribution in [0.2, 0.25) is 0 Å². The third-order valence-electron chi connectivity index (χ3n) is 2.31. The first-order valence-electron chi connectivity index (χ1n) is 4.69. The van der Waals surface area contributed by atoms with Crippen molar-refractivity contribution in [1.82, 2.24) is 0 Å². The molecule has 0 aliphatic heterocycles. The van der Waals surface area contributed by atoms with E-state index in [0.717, 1.165) is 11.0 Å². The van der Waals surface area contributed by atoms with Crippen LogP contribution in [0.25, 0.3) is 0 Å². The maximum absolute atomic E-state index is 11.2. The van der Waals surface area contributed by atoms with Crippen LogP contribution in [0.15, 0.2) is 18.2 Å². The molecule has 0 saturated carbocycles. The molecule has 1 amide bonds. The number of hydrogen-bond acceptors (Lipinski definition) is 3. The van der Waals surface area contributed by atoms with Gasteiger partial charge in [0.2, 0.25) is 5.91 Å². The van der Waals surface area contributed by atoms with E-state index in [0.29, 0.717) is 0 Å². The van der Waals surface area contributed by atoms with Crippen molar-refractivity contribution < 1.29 is 24.6 Å². The van der Waals surface area contributed by atoms with E-state index in [9.17, 15) is 14.4 Å². The Hall–Kier alpha value is -2.37. The summed E-state index contributed by atoms with van der Waals surface area (Å²) in [5.41, 5.74) is -0.194. The number of carbonyl (C=O) groups excluding carboxylic acids is 1. The molecule has 2 N–H and O–H groups in total. The van der Waals surface area contributed by atoms with Gasteiger partial charge in [0.05, 0.1) is 16.8 Å². The molecule has 0 aliphatic rings. The average molecular weight is 237 g/mol. The van der Waals surface area contributed by atoms with E-state index in [-0.39, 0.29) is 22.7 Å². The second-order valence-corrected chi connectivity index (χ2v) is 3.42. The van der Waals surface area contributed by atoms with Crippen molar-refractivity contribution in [2.24, 2.45) is 0 Å². The number of carboxylic acid groups (broad SMARTS) is 2. The first-order chi connectivity index (χ1) is 7.84. The molecule has 1 aromatic carbocycles. The molecule has 6 heteroatoms. The minimum atomic E-state index is -1.28. The van der Waals surface area contributed by atoms with Crippen molar-refractivity contribution in [3.63, 3.8) is 0 Å². The molecule has 0 atom stereocenters. The van der Waals surface area contributed by atoms with Crippen LogP contribution in [0.3, 0.4) is 0 Å². The van der Waals surface area contributed by atoms with E-state index in [2.05, 4.69) is 0 Å². The minimum absolute atomic E-state index is 0.136. The van der Waals surface area contributed by atoms with Crippen molar-refractivity contribution in [3.8, 4) is 0 Å². The monoisotopic (exact) mass is 237 g/mol. The zero-order valence-electron chi connectivity index (χ0n) is 9.30. The van der Waals surface area contributed by atoms with Crippen molar-refractivity contribution >= 4 is 23.5 Å². The van der Waals surface area contributed by atoms with Gasteiger partial charge >= 0.3 is 11.9 Å². The molecule has 0 heterocycles. The normalized spacial score (nSPS) is 9.76. The van der Waals surface area contributed by atoms with Crippen molar-refractivity contribution in [1.29, 1.82) is 0 Å². The van der Waals surface area contributed by atoms with E-state index < -0.39 is 11.9 Å². The van der Waals surface area contributed by atoms with Gasteiger partial charge in [-0.3, -0.25) is 4.79 Å². The summed E-state index contributed by atoms with van der Waals surface area (Å²) in [6.45, 7) is 1.29. The Balaban J connectivity index is 3.37. The van der Waals surface area contributed by atoms with Crippen molar-refractivity contribution in [3.05, 3.63) is 29.3 Å². The maximum Gasteiger partial charge on any atom is 0.337 e. The van der Waals surface area contributed by atoms with Gasteiger partial charge in [0.1, 0.15) is 0 Å². The zero-order valence-corrected chi connectivity index (χ0v) is 9.30. The van der Waals surface area contributed by atoms with Crippen LogP contribution in [0.5, 0.6) is 0 Å². The Bertz CT molecular complexity index is 495. The van der Waals surface area contributed by atoms with E-state index in [1.807, 2.05) is 0 Å². The molecule has 0 saturated heterocycles. The molecule has 0 fully saturated rings. The van der Waals surface area contributed by atoms with Gasteiger partial charge in [-0.2, -0.15) is 0 Å². The highest BCUT2D eigenvalue weighted by atomic mass is 16.4. The molecule has 17 heavy (non-hydrogen) atoms. The second kappa shape index (κ2) is 4.65. The maximum atomic E-state index is 11.2. The van der Waals surface area contributed by atoms with Crippen molar-refractivity contribution in [2.75, 3.05) is 11.9 Å². The molecular formula is C11H11NO5. The smallest absolute Gasteiger partial charge is 0.337 e. The SMILES string of the molecule is CC(=O)N(C)c1ccc(C(=O)O)cc1C(=O)O. The van der Waals surface area contributed by atoms with Gasteiger partial charge in [-0.25, -0.2) is 9.59 Å². The number of benzene rings is 1. The molecule has 6 nitrogen and oxygen atoms in total. The highest BCUT2D eigenvalue weighted by molar-refractivity contribution is 6.03. The van der Waals surface area contributed by atoms with Gasteiger partial charge < -0.3 is 15.1 Å². The fourth-order valence-corrected chi connectivity index (χ4v) is 1.30. The number of hydrogen-bond donors (Lipinski definition) is 2. The van der Waals surface area contributed by atoms with Crippen LogP contribution in [-0.4, -0.2) is 35.1 Å². The first-order valence-corrected chi connectivity index (χ1v) is 4.69. The van der Waals surface area contributed by atoms with Crippen LogP contribution >= 0.6 is 0 Å². The van der Waals surface area contributed by atoms with Gasteiger partial charge in [0.15, 0.2) is 0 Å². The summed E-state index contributed by atoms with van der Waals surface area (Å²) in [6, 6.07) is 3.58. The Kier molecular flexibility index (Phi) is 3.47. The number of nitrogens with zero attached hydrogens (tertiary/aromatic N) is 1. The standard InChI is InChI=1S/C11H11NO5/c1-6(13)12(2)9-4-3-7(10(14)15)5-8(9)11(16)17/h3-5H,1-2H3,(H,14,15)(H,16,17). The number of rotatable bonds is 3. The lowest BCUT2D eigenvalue weighted by Gasteiger charge is -2.17. The lowest BCUT2D eigenvalue weighted by molar-refractivity contribution is -0.116. The highest BCUT2D eigenvalue weighted by Crippen LogP contribution is 2.21.